The Labute approximate surface area is 184 Å². The molecule has 0 spiro atoms. The van der Waals surface area contributed by atoms with Gasteiger partial charge in [0.15, 0.2) is 0 Å². The number of hydrogen-bond donors (Lipinski definition) is 0. The van der Waals surface area contributed by atoms with Gasteiger partial charge in [-0.05, 0) is 25.6 Å². The average molecular weight is 443 g/mol. The number of aromatic nitrogens is 2. The number of alkyl halides is 2. The lowest BCUT2D eigenvalue weighted by molar-refractivity contribution is -0.0750. The molecule has 0 N–H and O–H groups in total. The minimum Gasteiger partial charge on any atom is -0.481 e. The molecular weight excluding hydrogens is 419 g/mol. The lowest BCUT2D eigenvalue weighted by Gasteiger charge is -2.42. The first-order chi connectivity index (χ1) is 15.3. The van der Waals surface area contributed by atoms with E-state index in [4.69, 9.17) is 4.74 Å². The van der Waals surface area contributed by atoms with E-state index in [1.54, 1.807) is 41.2 Å². The molecule has 6 nitrogen and oxygen atoms in total. The first-order valence-corrected chi connectivity index (χ1v) is 10.5. The van der Waals surface area contributed by atoms with Crippen LogP contribution >= 0.6 is 0 Å². The second kappa shape index (κ2) is 7.51. The Balaban J connectivity index is 1.66. The van der Waals surface area contributed by atoms with Crippen LogP contribution in [0.25, 0.3) is 22.0 Å². The number of methoxy groups -OCH3 is 1. The third-order valence-electron chi connectivity index (χ3n) is 6.36. The summed E-state index contributed by atoms with van der Waals surface area (Å²) in [4.78, 5) is 13.9. The number of benzene rings is 1. The second-order valence-corrected chi connectivity index (χ2v) is 8.54. The van der Waals surface area contributed by atoms with E-state index in [-0.39, 0.29) is 6.54 Å². The van der Waals surface area contributed by atoms with Crippen LogP contribution in [0.15, 0.2) is 36.7 Å². The number of fused-ring (bicyclic) bond motifs is 3. The molecule has 1 saturated heterocycles. The van der Waals surface area contributed by atoms with Gasteiger partial charge in [-0.1, -0.05) is 0 Å². The second-order valence-electron chi connectivity index (χ2n) is 8.54. The fourth-order valence-electron chi connectivity index (χ4n) is 4.76. The van der Waals surface area contributed by atoms with Crippen LogP contribution in [0.2, 0.25) is 0 Å². The van der Waals surface area contributed by atoms with Gasteiger partial charge < -0.3 is 19.4 Å². The largest absolute Gasteiger partial charge is 0.481 e. The van der Waals surface area contributed by atoms with Crippen molar-refractivity contribution in [2.45, 2.75) is 18.4 Å². The minimum atomic E-state index is -2.87. The van der Waals surface area contributed by atoms with Gasteiger partial charge in [0.2, 0.25) is 5.88 Å². The number of hydrogen-bond acceptors (Lipinski definition) is 6. The summed E-state index contributed by atoms with van der Waals surface area (Å²) in [5.74, 6) is -2.89. The number of likely N-dealkylation sites (tertiary alicyclic amines) is 1. The van der Waals surface area contributed by atoms with Gasteiger partial charge in [0.1, 0.15) is 5.82 Å². The molecule has 0 bridgehead atoms. The summed E-state index contributed by atoms with van der Waals surface area (Å²) in [6.45, 7) is 0.640. The van der Waals surface area contributed by atoms with E-state index >= 15 is 8.78 Å². The summed E-state index contributed by atoms with van der Waals surface area (Å²) in [7, 11) is 5.08. The standard InChI is InChI=1S/C23H24F3N5O/c1-29-7-6-20(23(25,26)12-29)31-13-30(2)19-11-27-18-9-17(24)15(8-16(18)22(19)31)14-4-5-21(32-3)28-10-14/h4-5,8-11,20H,6-7,12-13H2,1-3H3. The Morgan fingerprint density at radius 1 is 1.12 bits per heavy atom. The molecule has 2 aliphatic heterocycles. The molecule has 9 heteroatoms. The number of anilines is 2. The first kappa shape index (κ1) is 20.8. The summed E-state index contributed by atoms with van der Waals surface area (Å²) in [5.41, 5.74) is 2.79. The predicted molar refractivity (Wildman–Crippen MR) is 118 cm³/mol. The number of halogens is 3. The van der Waals surface area contributed by atoms with E-state index in [0.29, 0.717) is 53.2 Å². The maximum absolute atomic E-state index is 15.1. The number of pyridine rings is 2. The van der Waals surface area contributed by atoms with E-state index < -0.39 is 17.8 Å². The zero-order chi connectivity index (χ0) is 22.6. The monoisotopic (exact) mass is 443 g/mol. The smallest absolute Gasteiger partial charge is 0.280 e. The van der Waals surface area contributed by atoms with Crippen LogP contribution in [0.4, 0.5) is 24.5 Å². The Hall–Kier alpha value is -3.07. The van der Waals surface area contributed by atoms with Crippen LogP contribution in [0.5, 0.6) is 5.88 Å². The molecule has 0 amide bonds. The van der Waals surface area contributed by atoms with E-state index in [2.05, 4.69) is 9.97 Å². The average Bonchev–Trinajstić information content (AvgIpc) is 3.09. The normalized spacial score (nSPS) is 20.6. The summed E-state index contributed by atoms with van der Waals surface area (Å²) in [6, 6.07) is 5.50. The van der Waals surface area contributed by atoms with E-state index in [1.165, 1.54) is 19.4 Å². The molecule has 3 aromatic rings. The van der Waals surface area contributed by atoms with Crippen molar-refractivity contribution in [1.29, 1.82) is 0 Å². The molecule has 5 rings (SSSR count). The molecular formula is C23H24F3N5O. The van der Waals surface area contributed by atoms with Gasteiger partial charge in [-0.15, -0.1) is 0 Å². The molecule has 168 valence electrons. The minimum absolute atomic E-state index is 0.284. The maximum Gasteiger partial charge on any atom is 0.280 e. The molecule has 0 aliphatic carbocycles. The van der Waals surface area contributed by atoms with Crippen molar-refractivity contribution in [3.8, 4) is 17.0 Å². The number of rotatable bonds is 3. The van der Waals surface area contributed by atoms with Gasteiger partial charge in [-0.25, -0.2) is 18.2 Å². The van der Waals surface area contributed by atoms with Gasteiger partial charge in [0.25, 0.3) is 5.92 Å². The quantitative estimate of drug-likeness (QED) is 0.610. The highest BCUT2D eigenvalue weighted by atomic mass is 19.3. The van der Waals surface area contributed by atoms with Crippen LogP contribution in [-0.2, 0) is 0 Å². The first-order valence-electron chi connectivity index (χ1n) is 10.5. The number of ether oxygens (including phenoxy) is 1. The van der Waals surface area contributed by atoms with E-state index in [9.17, 15) is 4.39 Å². The van der Waals surface area contributed by atoms with Crippen LogP contribution in [0.3, 0.4) is 0 Å². The highest BCUT2D eigenvalue weighted by Crippen LogP contribution is 2.46. The van der Waals surface area contributed by atoms with Crippen molar-refractivity contribution in [3.05, 3.63) is 42.5 Å². The summed E-state index contributed by atoms with van der Waals surface area (Å²) >= 11 is 0. The fraction of sp³-hybridized carbons (Fsp3) is 0.391. The molecule has 0 saturated carbocycles. The van der Waals surface area contributed by atoms with Crippen LogP contribution in [0, 0.1) is 5.82 Å². The Morgan fingerprint density at radius 3 is 2.62 bits per heavy atom. The molecule has 32 heavy (non-hydrogen) atoms. The van der Waals surface area contributed by atoms with Crippen molar-refractivity contribution in [3.63, 3.8) is 0 Å². The molecule has 1 atom stereocenters. The van der Waals surface area contributed by atoms with Crippen LogP contribution < -0.4 is 14.5 Å². The fourth-order valence-corrected chi connectivity index (χ4v) is 4.76. The Bertz CT molecular complexity index is 1170. The predicted octanol–water partition coefficient (Wildman–Crippen LogP) is 4.00. The van der Waals surface area contributed by atoms with Crippen molar-refractivity contribution in [2.75, 3.05) is 50.8 Å². The van der Waals surface area contributed by atoms with E-state index in [0.717, 1.165) is 5.69 Å². The molecule has 2 aromatic heterocycles. The Kier molecular flexibility index (Phi) is 4.88. The van der Waals surface area contributed by atoms with Crippen molar-refractivity contribution < 1.29 is 17.9 Å². The molecule has 0 radical (unpaired) electrons. The third-order valence-corrected chi connectivity index (χ3v) is 6.36. The number of nitrogens with zero attached hydrogens (tertiary/aromatic N) is 5. The Morgan fingerprint density at radius 2 is 1.94 bits per heavy atom. The summed E-state index contributed by atoms with van der Waals surface area (Å²) in [5, 5.41) is 0.647. The van der Waals surface area contributed by atoms with Gasteiger partial charge >= 0.3 is 0 Å². The molecule has 2 aliphatic rings. The van der Waals surface area contributed by atoms with Crippen LogP contribution in [-0.4, -0.2) is 67.8 Å². The zero-order valence-electron chi connectivity index (χ0n) is 18.1. The lowest BCUT2D eigenvalue weighted by atomic mass is 9.97. The van der Waals surface area contributed by atoms with Gasteiger partial charge in [0.05, 0.1) is 49.5 Å². The highest BCUT2D eigenvalue weighted by molar-refractivity contribution is 6.02. The molecule has 4 heterocycles. The van der Waals surface area contributed by atoms with Crippen molar-refractivity contribution in [2.24, 2.45) is 0 Å². The maximum atomic E-state index is 15.1. The third kappa shape index (κ3) is 3.31. The van der Waals surface area contributed by atoms with E-state index in [1.807, 2.05) is 11.9 Å². The summed E-state index contributed by atoms with van der Waals surface area (Å²) < 4.78 is 50.2. The highest BCUT2D eigenvalue weighted by Gasteiger charge is 2.49. The SMILES string of the molecule is COc1ccc(-c2cc3c4c(cnc3cc2F)N(C)CN4C2CCN(C)CC2(F)F)cn1. The van der Waals surface area contributed by atoms with Gasteiger partial charge in [-0.2, -0.15) is 0 Å². The molecule has 1 aromatic carbocycles. The molecule has 1 unspecified atom stereocenters. The lowest BCUT2D eigenvalue weighted by Crippen LogP contribution is -2.58. The van der Waals surface area contributed by atoms with Gasteiger partial charge in [-0.3, -0.25) is 4.98 Å². The van der Waals surface area contributed by atoms with Crippen LogP contribution in [0.1, 0.15) is 6.42 Å². The topological polar surface area (TPSA) is 44.7 Å². The number of piperidine rings is 1. The van der Waals surface area contributed by atoms with Gasteiger partial charge in [0, 0.05) is 48.4 Å². The zero-order valence-corrected chi connectivity index (χ0v) is 18.1. The van der Waals surface area contributed by atoms with Crippen molar-refractivity contribution in [1.82, 2.24) is 14.9 Å². The van der Waals surface area contributed by atoms with Crippen molar-refractivity contribution >= 4 is 22.3 Å². The summed E-state index contributed by atoms with van der Waals surface area (Å²) in [6.07, 6.45) is 3.52. The molecule has 1 fully saturated rings.